The molecule has 12 N–H and O–H groups in total. The summed E-state index contributed by atoms with van der Waals surface area (Å²) in [5.74, 6) is -0.943. The number of nitrogens with one attached hydrogen (secondary N) is 2. The lowest BCUT2D eigenvalue weighted by Gasteiger charge is -2.39. The Morgan fingerprint density at radius 3 is 2.28 bits per heavy atom. The highest BCUT2D eigenvalue weighted by Crippen LogP contribution is 2.66. The van der Waals surface area contributed by atoms with Crippen molar-refractivity contribution in [3.63, 3.8) is 0 Å². The molecule has 32 heavy (non-hydrogen) atoms. The lowest BCUT2D eigenvalue weighted by atomic mass is 10.0. The van der Waals surface area contributed by atoms with E-state index in [9.17, 15) is 43.9 Å². The predicted octanol–water partition coefficient (Wildman–Crippen LogP) is -3.27. The zero-order valence-corrected chi connectivity index (χ0v) is 17.9. The maximum atomic E-state index is 11.9. The summed E-state index contributed by atoms with van der Waals surface area (Å²) >= 11 is 0. The third-order valence-corrected chi connectivity index (χ3v) is 7.41. The number of phosphoric ester groups is 1. The second kappa shape index (κ2) is 9.41. The van der Waals surface area contributed by atoms with E-state index in [-0.39, 0.29) is 5.06 Å². The van der Waals surface area contributed by atoms with Crippen molar-refractivity contribution in [2.24, 2.45) is 0 Å². The number of fused-ring (bicyclic) bond motifs is 1. The van der Waals surface area contributed by atoms with Gasteiger partial charge in [0.25, 0.3) is 5.56 Å². The first kappa shape index (κ1) is 26.8. The molecule has 1 aromatic rings. The van der Waals surface area contributed by atoms with Gasteiger partial charge in [0.15, 0.2) is 12.0 Å². The zero-order chi connectivity index (χ0) is 24.6. The summed E-state index contributed by atoms with van der Waals surface area (Å²) in [5.41, 5.74) is 3.91. The molecule has 2 rings (SSSR count). The zero-order valence-electron chi connectivity index (χ0n) is 15.3. The number of phosphoric acid groups is 3. The van der Waals surface area contributed by atoms with Crippen LogP contribution in [0.4, 0.5) is 17.5 Å². The SMILES string of the molecule is Nc1nc2c(c(=O)[nH]1)NC(C(O)C(O)COP(=O)(O)OP(=O)(O)OP(=O)(O)O)C(O)N2O. The molecule has 0 saturated carbocycles. The van der Waals surface area contributed by atoms with Gasteiger partial charge < -0.3 is 45.9 Å². The van der Waals surface area contributed by atoms with Crippen LogP contribution in [0.2, 0.25) is 0 Å². The first-order chi connectivity index (χ1) is 14.4. The van der Waals surface area contributed by atoms with Crippen LogP contribution < -0.4 is 21.7 Å². The van der Waals surface area contributed by atoms with Crippen LogP contribution in [0.1, 0.15) is 0 Å². The molecule has 0 amide bonds. The van der Waals surface area contributed by atoms with Crippen molar-refractivity contribution in [2.45, 2.75) is 24.5 Å². The van der Waals surface area contributed by atoms with Gasteiger partial charge >= 0.3 is 23.5 Å². The molecular weight excluding hydrogens is 511 g/mol. The number of aromatic amines is 1. The summed E-state index contributed by atoms with van der Waals surface area (Å²) in [6.07, 6.45) is -6.37. The standard InChI is InChI=1S/C9H18N5O15P3/c10-9-12-6-4(7(17)13-9)11-3(8(18)14(6)19)5(16)2(15)1-27-31(23,24)29-32(25,26)28-30(20,21)22/h2-3,5,8,11,15-16,18-19H,1H2,(H,23,24)(H,25,26)(H2,20,21,22)(H3,10,12,13,17). The van der Waals surface area contributed by atoms with Crippen LogP contribution in [0.25, 0.3) is 0 Å². The van der Waals surface area contributed by atoms with Crippen LogP contribution in [-0.4, -0.2) is 81.2 Å². The van der Waals surface area contributed by atoms with Crippen molar-refractivity contribution >= 4 is 40.9 Å². The number of hydrogen-bond acceptors (Lipinski definition) is 15. The largest absolute Gasteiger partial charge is 0.490 e. The molecule has 184 valence electrons. The number of anilines is 3. The van der Waals surface area contributed by atoms with Crippen LogP contribution in [0.5, 0.6) is 0 Å². The molecule has 20 nitrogen and oxygen atoms in total. The summed E-state index contributed by atoms with van der Waals surface area (Å²) in [4.78, 5) is 52.8. The second-order valence-electron chi connectivity index (χ2n) is 6.02. The molecule has 0 aliphatic carbocycles. The van der Waals surface area contributed by atoms with Crippen molar-refractivity contribution in [1.29, 1.82) is 0 Å². The molecule has 1 aliphatic rings. The minimum Gasteiger partial charge on any atom is -0.388 e. The smallest absolute Gasteiger partial charge is 0.388 e. The van der Waals surface area contributed by atoms with E-state index in [1.54, 1.807) is 0 Å². The maximum absolute atomic E-state index is 11.9. The van der Waals surface area contributed by atoms with E-state index in [2.05, 4.69) is 28.4 Å². The second-order valence-corrected chi connectivity index (χ2v) is 10.4. The minimum atomic E-state index is -5.80. The van der Waals surface area contributed by atoms with Gasteiger partial charge in [0, 0.05) is 0 Å². The van der Waals surface area contributed by atoms with Gasteiger partial charge in [0.05, 0.1) is 6.61 Å². The van der Waals surface area contributed by atoms with Gasteiger partial charge in [0.1, 0.15) is 23.9 Å². The molecule has 0 aromatic carbocycles. The summed E-state index contributed by atoms with van der Waals surface area (Å²) in [6, 6.07) is -1.74. The summed E-state index contributed by atoms with van der Waals surface area (Å²) in [7, 11) is -17.0. The van der Waals surface area contributed by atoms with Crippen molar-refractivity contribution < 1.29 is 66.9 Å². The Morgan fingerprint density at radius 2 is 1.72 bits per heavy atom. The van der Waals surface area contributed by atoms with Crippen LogP contribution in [-0.2, 0) is 26.8 Å². The first-order valence-electron chi connectivity index (χ1n) is 7.89. The van der Waals surface area contributed by atoms with E-state index in [0.29, 0.717) is 0 Å². The van der Waals surface area contributed by atoms with E-state index >= 15 is 0 Å². The quantitative estimate of drug-likeness (QED) is 0.140. The molecule has 0 spiro atoms. The highest BCUT2D eigenvalue weighted by atomic mass is 31.3. The highest BCUT2D eigenvalue weighted by molar-refractivity contribution is 7.66. The van der Waals surface area contributed by atoms with E-state index in [1.807, 2.05) is 0 Å². The number of nitrogen functional groups attached to an aromatic ring is 1. The molecule has 1 aliphatic heterocycles. The van der Waals surface area contributed by atoms with E-state index in [0.717, 1.165) is 0 Å². The van der Waals surface area contributed by atoms with Crippen molar-refractivity contribution in [1.82, 2.24) is 9.97 Å². The topological polar surface area (TPSA) is 328 Å². The Bertz CT molecular complexity index is 1040. The normalized spacial score (nSPS) is 24.6. The van der Waals surface area contributed by atoms with Crippen LogP contribution >= 0.6 is 23.5 Å². The van der Waals surface area contributed by atoms with E-state index < -0.39 is 77.6 Å². The summed E-state index contributed by atoms with van der Waals surface area (Å²) in [5, 5.41) is 42.5. The van der Waals surface area contributed by atoms with E-state index in [1.165, 1.54) is 0 Å². The molecule has 0 saturated heterocycles. The van der Waals surface area contributed by atoms with Gasteiger partial charge in [-0.3, -0.25) is 19.5 Å². The number of aliphatic hydroxyl groups is 3. The predicted molar refractivity (Wildman–Crippen MR) is 98.8 cm³/mol. The molecule has 2 heterocycles. The molecule has 0 fully saturated rings. The molecule has 6 unspecified atom stereocenters. The fourth-order valence-corrected chi connectivity index (χ4v) is 5.40. The monoisotopic (exact) mass is 529 g/mol. The number of rotatable bonds is 9. The fraction of sp³-hybridized carbons (Fsp3) is 0.556. The summed E-state index contributed by atoms with van der Waals surface area (Å²) in [6.45, 7) is -1.33. The highest BCUT2D eigenvalue weighted by Gasteiger charge is 2.44. The Morgan fingerprint density at radius 1 is 1.12 bits per heavy atom. The van der Waals surface area contributed by atoms with Crippen molar-refractivity contribution in [2.75, 3.05) is 22.7 Å². The van der Waals surface area contributed by atoms with Crippen LogP contribution in [0.3, 0.4) is 0 Å². The molecule has 1 aromatic heterocycles. The van der Waals surface area contributed by atoms with Gasteiger partial charge in [-0.15, -0.1) is 0 Å². The van der Waals surface area contributed by atoms with Crippen molar-refractivity contribution in [3.05, 3.63) is 10.4 Å². The van der Waals surface area contributed by atoms with Gasteiger partial charge in [-0.2, -0.15) is 13.6 Å². The van der Waals surface area contributed by atoms with Crippen LogP contribution in [0, 0.1) is 0 Å². The first-order valence-corrected chi connectivity index (χ1v) is 12.4. The van der Waals surface area contributed by atoms with Gasteiger partial charge in [-0.05, 0) is 0 Å². The number of hydroxylamine groups is 1. The Balaban J connectivity index is 2.08. The minimum absolute atomic E-state index is 0.0420. The molecule has 6 atom stereocenters. The maximum Gasteiger partial charge on any atom is 0.490 e. The number of hydrogen-bond donors (Lipinski definition) is 11. The molecule has 0 bridgehead atoms. The van der Waals surface area contributed by atoms with Gasteiger partial charge in [-0.1, -0.05) is 0 Å². The summed E-state index contributed by atoms with van der Waals surface area (Å²) < 4.78 is 44.5. The average molecular weight is 529 g/mol. The fourth-order valence-electron chi connectivity index (χ4n) is 2.37. The number of aromatic nitrogens is 2. The molecule has 0 radical (unpaired) electrons. The Kier molecular flexibility index (Phi) is 7.88. The average Bonchev–Trinajstić information content (AvgIpc) is 2.59. The molecular formula is C9H18N5O15P3. The third kappa shape index (κ3) is 6.77. The number of nitrogens with two attached hydrogens (primary N) is 1. The van der Waals surface area contributed by atoms with E-state index in [4.69, 9.17) is 20.4 Å². The molecule has 23 heteroatoms. The Hall–Kier alpha value is -1.47. The third-order valence-electron chi connectivity index (χ3n) is 3.60. The lowest BCUT2D eigenvalue weighted by Crippen LogP contribution is -2.59. The van der Waals surface area contributed by atoms with Gasteiger partial charge in [0.2, 0.25) is 5.95 Å². The van der Waals surface area contributed by atoms with Crippen molar-refractivity contribution in [3.8, 4) is 0 Å². The number of aliphatic hydroxyl groups excluding tert-OH is 3. The van der Waals surface area contributed by atoms with Gasteiger partial charge in [-0.25, -0.2) is 18.8 Å². The lowest BCUT2D eigenvalue weighted by molar-refractivity contribution is -0.0587. The van der Waals surface area contributed by atoms with Crippen LogP contribution in [0.15, 0.2) is 4.79 Å². The number of H-pyrrole nitrogens is 1. The Labute approximate surface area is 176 Å². The number of nitrogens with zero attached hydrogens (tertiary/aromatic N) is 2.